The molecule has 1 aromatic heterocycles. The minimum atomic E-state index is -4.46. The van der Waals surface area contributed by atoms with E-state index in [4.69, 9.17) is 5.73 Å². The van der Waals surface area contributed by atoms with Crippen LogP contribution in [0.25, 0.3) is 5.69 Å². The molecule has 0 atom stereocenters. The highest BCUT2D eigenvalue weighted by atomic mass is 79.9. The van der Waals surface area contributed by atoms with E-state index in [-0.39, 0.29) is 12.2 Å². The first-order valence-electron chi connectivity index (χ1n) is 4.90. The van der Waals surface area contributed by atoms with Gasteiger partial charge < -0.3 is 5.73 Å². The van der Waals surface area contributed by atoms with Gasteiger partial charge in [-0.1, -0.05) is 21.1 Å². The van der Waals surface area contributed by atoms with Crippen molar-refractivity contribution in [1.29, 1.82) is 0 Å². The monoisotopic (exact) mass is 320 g/mol. The summed E-state index contributed by atoms with van der Waals surface area (Å²) in [6, 6.07) is 3.83. The van der Waals surface area contributed by atoms with Crippen LogP contribution in [-0.4, -0.2) is 15.0 Å². The van der Waals surface area contributed by atoms with E-state index in [1.54, 1.807) is 0 Å². The Balaban J connectivity index is 2.56. The van der Waals surface area contributed by atoms with Gasteiger partial charge in [0.2, 0.25) is 0 Å². The fourth-order valence-corrected chi connectivity index (χ4v) is 1.81. The molecule has 0 fully saturated rings. The Morgan fingerprint density at radius 3 is 2.61 bits per heavy atom. The van der Waals surface area contributed by atoms with Crippen molar-refractivity contribution in [2.75, 3.05) is 0 Å². The summed E-state index contributed by atoms with van der Waals surface area (Å²) < 4.78 is 40.1. The van der Waals surface area contributed by atoms with Crippen LogP contribution in [0.5, 0.6) is 0 Å². The van der Waals surface area contributed by atoms with Crippen molar-refractivity contribution >= 4 is 15.9 Å². The molecule has 0 saturated heterocycles. The Bertz CT molecular complexity index is 564. The maximum absolute atomic E-state index is 12.9. The SMILES string of the molecule is NCc1cn(-c2ccc(Br)cc2C(F)(F)F)nn1. The van der Waals surface area contributed by atoms with E-state index < -0.39 is 11.7 Å². The third-order valence-corrected chi connectivity index (χ3v) is 2.75. The van der Waals surface area contributed by atoms with E-state index in [2.05, 4.69) is 26.2 Å². The maximum atomic E-state index is 12.9. The number of halogens is 4. The quantitative estimate of drug-likeness (QED) is 0.925. The number of nitrogens with zero attached hydrogens (tertiary/aromatic N) is 3. The van der Waals surface area contributed by atoms with E-state index in [1.165, 1.54) is 18.3 Å². The van der Waals surface area contributed by atoms with E-state index >= 15 is 0 Å². The number of hydrogen-bond acceptors (Lipinski definition) is 3. The Hall–Kier alpha value is -1.41. The summed E-state index contributed by atoms with van der Waals surface area (Å²) in [5.74, 6) is 0. The van der Waals surface area contributed by atoms with Crippen LogP contribution in [0.2, 0.25) is 0 Å². The molecule has 18 heavy (non-hydrogen) atoms. The molecule has 0 unspecified atom stereocenters. The Kier molecular flexibility index (Phi) is 3.40. The van der Waals surface area contributed by atoms with Gasteiger partial charge in [0.25, 0.3) is 0 Å². The summed E-state index contributed by atoms with van der Waals surface area (Å²) >= 11 is 3.01. The summed E-state index contributed by atoms with van der Waals surface area (Å²) in [4.78, 5) is 0. The van der Waals surface area contributed by atoms with E-state index in [0.29, 0.717) is 10.2 Å². The molecule has 8 heteroatoms. The highest BCUT2D eigenvalue weighted by Crippen LogP contribution is 2.35. The lowest BCUT2D eigenvalue weighted by Gasteiger charge is -2.12. The van der Waals surface area contributed by atoms with Crippen molar-refractivity contribution in [1.82, 2.24) is 15.0 Å². The molecule has 0 bridgehead atoms. The fraction of sp³-hybridized carbons (Fsp3) is 0.200. The van der Waals surface area contributed by atoms with Crippen molar-refractivity contribution in [3.63, 3.8) is 0 Å². The van der Waals surface area contributed by atoms with Gasteiger partial charge in [-0.05, 0) is 18.2 Å². The van der Waals surface area contributed by atoms with Gasteiger partial charge >= 0.3 is 6.18 Å². The van der Waals surface area contributed by atoms with Gasteiger partial charge in [-0.15, -0.1) is 5.10 Å². The van der Waals surface area contributed by atoms with Crippen molar-refractivity contribution in [3.05, 3.63) is 40.1 Å². The lowest BCUT2D eigenvalue weighted by molar-refractivity contribution is -0.137. The molecular formula is C10H8BrF3N4. The molecule has 0 radical (unpaired) electrons. The summed E-state index contributed by atoms with van der Waals surface area (Å²) in [7, 11) is 0. The Morgan fingerprint density at radius 2 is 2.06 bits per heavy atom. The second-order valence-corrected chi connectivity index (χ2v) is 4.43. The molecule has 2 rings (SSSR count). The van der Waals surface area contributed by atoms with Crippen LogP contribution in [0.15, 0.2) is 28.9 Å². The molecule has 1 aromatic carbocycles. The van der Waals surface area contributed by atoms with E-state index in [9.17, 15) is 13.2 Å². The van der Waals surface area contributed by atoms with Gasteiger partial charge in [0.1, 0.15) is 0 Å². The van der Waals surface area contributed by atoms with Gasteiger partial charge in [-0.25, -0.2) is 4.68 Å². The van der Waals surface area contributed by atoms with Gasteiger partial charge in [0.05, 0.1) is 23.1 Å². The third-order valence-electron chi connectivity index (χ3n) is 2.26. The largest absolute Gasteiger partial charge is 0.418 e. The number of aromatic nitrogens is 3. The zero-order valence-corrected chi connectivity index (χ0v) is 10.5. The maximum Gasteiger partial charge on any atom is 0.418 e. The molecule has 0 spiro atoms. The number of nitrogens with two attached hydrogens (primary N) is 1. The van der Waals surface area contributed by atoms with Gasteiger partial charge in [0.15, 0.2) is 0 Å². The number of rotatable bonds is 2. The van der Waals surface area contributed by atoms with Crippen LogP contribution in [0.4, 0.5) is 13.2 Å². The average Bonchev–Trinajstić information content (AvgIpc) is 2.76. The van der Waals surface area contributed by atoms with Crippen LogP contribution in [-0.2, 0) is 12.7 Å². The number of benzene rings is 1. The zero-order valence-electron chi connectivity index (χ0n) is 8.95. The van der Waals surface area contributed by atoms with Crippen LogP contribution in [0.3, 0.4) is 0 Å². The molecule has 0 saturated carbocycles. The second-order valence-electron chi connectivity index (χ2n) is 3.52. The molecule has 2 N–H and O–H groups in total. The Labute approximate surface area is 109 Å². The summed E-state index contributed by atoms with van der Waals surface area (Å²) in [5, 5.41) is 7.30. The molecule has 4 nitrogen and oxygen atoms in total. The predicted molar refractivity (Wildman–Crippen MR) is 62.0 cm³/mol. The van der Waals surface area contributed by atoms with Crippen molar-refractivity contribution in [2.24, 2.45) is 5.73 Å². The lowest BCUT2D eigenvalue weighted by atomic mass is 10.1. The van der Waals surface area contributed by atoms with Gasteiger partial charge in [-0.3, -0.25) is 0 Å². The molecule has 0 aliphatic rings. The van der Waals surface area contributed by atoms with Crippen molar-refractivity contribution < 1.29 is 13.2 Å². The zero-order chi connectivity index (χ0) is 13.3. The molecule has 0 aliphatic heterocycles. The van der Waals surface area contributed by atoms with Crippen LogP contribution < -0.4 is 5.73 Å². The third kappa shape index (κ3) is 2.54. The standard InChI is InChI=1S/C10H8BrF3N4/c11-6-1-2-9(8(3-6)10(12,13)14)18-5-7(4-15)16-17-18/h1-3,5H,4,15H2. The molecule has 2 aromatic rings. The summed E-state index contributed by atoms with van der Waals surface area (Å²) in [6.45, 7) is 0.123. The first kappa shape index (κ1) is 13.0. The number of alkyl halides is 3. The van der Waals surface area contributed by atoms with Crippen molar-refractivity contribution in [2.45, 2.75) is 12.7 Å². The lowest BCUT2D eigenvalue weighted by Crippen LogP contribution is -2.11. The minimum Gasteiger partial charge on any atom is -0.325 e. The first-order chi connectivity index (χ1) is 8.41. The second kappa shape index (κ2) is 4.69. The highest BCUT2D eigenvalue weighted by Gasteiger charge is 2.34. The number of hydrogen-bond donors (Lipinski definition) is 1. The van der Waals surface area contributed by atoms with Crippen LogP contribution in [0, 0.1) is 0 Å². The molecule has 0 aliphatic carbocycles. The Morgan fingerprint density at radius 1 is 1.33 bits per heavy atom. The molecule has 1 heterocycles. The van der Waals surface area contributed by atoms with Crippen LogP contribution in [0.1, 0.15) is 11.3 Å². The van der Waals surface area contributed by atoms with Gasteiger partial charge in [-0.2, -0.15) is 13.2 Å². The molecular weight excluding hydrogens is 313 g/mol. The minimum absolute atomic E-state index is 0.0853. The van der Waals surface area contributed by atoms with Crippen molar-refractivity contribution in [3.8, 4) is 5.69 Å². The average molecular weight is 321 g/mol. The van der Waals surface area contributed by atoms with E-state index in [0.717, 1.165) is 10.7 Å². The summed E-state index contributed by atoms with van der Waals surface area (Å²) in [6.07, 6.45) is -3.09. The predicted octanol–water partition coefficient (Wildman–Crippen LogP) is 2.51. The smallest absolute Gasteiger partial charge is 0.325 e. The van der Waals surface area contributed by atoms with Crippen LogP contribution >= 0.6 is 15.9 Å². The highest BCUT2D eigenvalue weighted by molar-refractivity contribution is 9.10. The normalized spacial score (nSPS) is 11.8. The fourth-order valence-electron chi connectivity index (χ4n) is 1.44. The molecule has 96 valence electrons. The molecule has 0 amide bonds. The first-order valence-corrected chi connectivity index (χ1v) is 5.69. The van der Waals surface area contributed by atoms with E-state index in [1.807, 2.05) is 0 Å². The van der Waals surface area contributed by atoms with Gasteiger partial charge in [0, 0.05) is 11.0 Å². The topological polar surface area (TPSA) is 56.7 Å². The summed E-state index contributed by atoms with van der Waals surface area (Å²) in [5.41, 5.74) is 4.89.